The number of rotatable bonds is 3. The van der Waals surface area contributed by atoms with Gasteiger partial charge < -0.3 is 28.5 Å². The number of fused-ring (bicyclic) bond motifs is 2. The number of methoxy groups -OCH3 is 2. The molecule has 8 heteroatoms. The van der Waals surface area contributed by atoms with Crippen LogP contribution in [0.2, 0.25) is 0 Å². The van der Waals surface area contributed by atoms with Crippen LogP contribution in [-0.2, 0) is 4.74 Å². The van der Waals surface area contributed by atoms with Crippen molar-refractivity contribution >= 4 is 33.9 Å². The lowest BCUT2D eigenvalue weighted by molar-refractivity contribution is 0.0599. The highest BCUT2D eigenvalue weighted by Crippen LogP contribution is 2.29. The summed E-state index contributed by atoms with van der Waals surface area (Å²) in [4.78, 5) is 21.9. The minimum absolute atomic E-state index is 0.0138. The van der Waals surface area contributed by atoms with Crippen LogP contribution in [-0.4, -0.2) is 36.4 Å². The number of carbonyl (C=O) groups excluding carboxylic acids is 1. The lowest BCUT2D eigenvalue weighted by Crippen LogP contribution is -2.01. The van der Waals surface area contributed by atoms with Gasteiger partial charge in [0.25, 0.3) is 0 Å². The number of hydrogen-bond donors (Lipinski definition) is 2. The summed E-state index contributed by atoms with van der Waals surface area (Å²) in [6.45, 7) is 0. The molecule has 2 aromatic heterocycles. The van der Waals surface area contributed by atoms with Crippen molar-refractivity contribution in [3.63, 3.8) is 0 Å². The molecule has 4 aromatic rings. The van der Waals surface area contributed by atoms with Crippen LogP contribution in [0.5, 0.6) is 11.5 Å². The number of ether oxygens (including phenoxy) is 2. The summed E-state index contributed by atoms with van der Waals surface area (Å²) in [6.07, 6.45) is 2.95. The van der Waals surface area contributed by atoms with Crippen LogP contribution in [0.15, 0.2) is 57.8 Å². The molecule has 2 aromatic carbocycles. The molecule has 0 aliphatic rings. The van der Waals surface area contributed by atoms with Crippen LogP contribution in [0.4, 0.5) is 0 Å². The highest BCUT2D eigenvalue weighted by molar-refractivity contribution is 5.96. The smallest absolute Gasteiger partial charge is 0.338 e. The van der Waals surface area contributed by atoms with Crippen molar-refractivity contribution in [3.05, 3.63) is 60.1 Å². The first-order chi connectivity index (χ1) is 13.4. The average Bonchev–Trinajstić information content (AvgIpc) is 3.36. The number of benzene rings is 2. The summed E-state index contributed by atoms with van der Waals surface area (Å²) >= 11 is 0. The molecule has 0 aliphatic heterocycles. The maximum atomic E-state index is 11.3. The first-order valence-electron chi connectivity index (χ1n) is 8.01. The van der Waals surface area contributed by atoms with E-state index in [4.69, 9.17) is 18.7 Å². The number of hydrogen-bond acceptors (Lipinski definition) is 7. The Morgan fingerprint density at radius 1 is 0.893 bits per heavy atom. The molecule has 0 amide bonds. The van der Waals surface area contributed by atoms with Crippen LogP contribution in [0.25, 0.3) is 21.9 Å². The third-order valence-corrected chi connectivity index (χ3v) is 3.97. The molecule has 0 aliphatic carbocycles. The number of carboxylic acid groups (broad SMARTS) is 1. The van der Waals surface area contributed by atoms with Gasteiger partial charge in [0, 0.05) is 0 Å². The first kappa shape index (κ1) is 18.8. The number of phenolic OH excluding ortho intramolecular Hbond substituents is 1. The molecular formula is C20H16O8. The van der Waals surface area contributed by atoms with E-state index in [0.29, 0.717) is 27.9 Å². The summed E-state index contributed by atoms with van der Waals surface area (Å²) < 4.78 is 20.0. The molecular weight excluding hydrogens is 368 g/mol. The quantitative estimate of drug-likeness (QED) is 0.507. The van der Waals surface area contributed by atoms with Crippen LogP contribution in [0.3, 0.4) is 0 Å². The van der Waals surface area contributed by atoms with Gasteiger partial charge in [0.2, 0.25) is 0 Å². The molecule has 0 saturated carbocycles. The molecule has 0 unspecified atom stereocenters. The molecule has 0 saturated heterocycles. The summed E-state index contributed by atoms with van der Waals surface area (Å²) in [5.41, 5.74) is 1.41. The highest BCUT2D eigenvalue weighted by atomic mass is 16.5. The second-order valence-electron chi connectivity index (χ2n) is 5.64. The zero-order valence-corrected chi connectivity index (χ0v) is 15.0. The Hall–Kier alpha value is -3.94. The third kappa shape index (κ3) is 3.61. The van der Waals surface area contributed by atoms with Gasteiger partial charge in [-0.25, -0.2) is 9.59 Å². The van der Waals surface area contributed by atoms with E-state index in [0.717, 1.165) is 5.39 Å². The van der Waals surface area contributed by atoms with E-state index in [2.05, 4.69) is 4.74 Å². The highest BCUT2D eigenvalue weighted by Gasteiger charge is 2.12. The fourth-order valence-electron chi connectivity index (χ4n) is 2.62. The maximum Gasteiger partial charge on any atom is 0.338 e. The van der Waals surface area contributed by atoms with E-state index in [9.17, 15) is 14.7 Å². The summed E-state index contributed by atoms with van der Waals surface area (Å²) in [7, 11) is 2.88. The lowest BCUT2D eigenvalue weighted by Gasteiger charge is -2.04. The zero-order chi connectivity index (χ0) is 20.3. The molecule has 2 N–H and O–H groups in total. The van der Waals surface area contributed by atoms with E-state index in [1.165, 1.54) is 25.5 Å². The fraction of sp³-hybridized carbons (Fsp3) is 0.100. The Morgan fingerprint density at radius 3 is 2.11 bits per heavy atom. The van der Waals surface area contributed by atoms with Crippen molar-refractivity contribution in [2.75, 3.05) is 14.2 Å². The largest absolute Gasteiger partial charge is 0.507 e. The Bertz CT molecular complexity index is 1150. The monoisotopic (exact) mass is 384 g/mol. The molecule has 8 nitrogen and oxygen atoms in total. The number of carboxylic acids is 1. The Balaban J connectivity index is 0.000000162. The minimum atomic E-state index is -1.09. The standard InChI is InChI=1S/C11H10O4.C9H6O4/c1-13-9-5-7(11(12)14-2)6-10-8(9)3-4-15-10;10-7-3-5(9(11)12)4-8-6(7)1-2-13-8/h3-6H,1-2H3;1-4,10H,(H,11,12). The Kier molecular flexibility index (Phi) is 5.21. The van der Waals surface area contributed by atoms with E-state index in [1.807, 2.05) is 0 Å². The Labute approximate surface area is 158 Å². The maximum absolute atomic E-state index is 11.3. The van der Waals surface area contributed by atoms with E-state index in [1.54, 1.807) is 37.6 Å². The van der Waals surface area contributed by atoms with Crippen molar-refractivity contribution in [2.24, 2.45) is 0 Å². The van der Waals surface area contributed by atoms with Crippen molar-refractivity contribution in [2.45, 2.75) is 0 Å². The SMILES string of the molecule is COC(=O)c1cc(OC)c2ccoc2c1.O=C(O)c1cc(O)c2ccoc2c1. The second kappa shape index (κ2) is 7.75. The molecule has 0 fully saturated rings. The zero-order valence-electron chi connectivity index (χ0n) is 15.0. The minimum Gasteiger partial charge on any atom is -0.507 e. The summed E-state index contributed by atoms with van der Waals surface area (Å²) in [5, 5.41) is 19.4. The number of aromatic carboxylic acids is 1. The predicted octanol–water partition coefficient (Wildman–Crippen LogP) is 4.06. The van der Waals surface area contributed by atoms with Crippen LogP contribution in [0.1, 0.15) is 20.7 Å². The number of aromatic hydroxyl groups is 1. The van der Waals surface area contributed by atoms with E-state index < -0.39 is 11.9 Å². The predicted molar refractivity (Wildman–Crippen MR) is 98.9 cm³/mol. The molecule has 0 radical (unpaired) electrons. The second-order valence-corrected chi connectivity index (χ2v) is 5.64. The number of furan rings is 2. The van der Waals surface area contributed by atoms with Gasteiger partial charge in [0.1, 0.15) is 22.7 Å². The van der Waals surface area contributed by atoms with Crippen molar-refractivity contribution in [3.8, 4) is 11.5 Å². The Morgan fingerprint density at radius 2 is 1.50 bits per heavy atom. The van der Waals surface area contributed by atoms with Gasteiger partial charge in [-0.1, -0.05) is 0 Å². The van der Waals surface area contributed by atoms with Crippen molar-refractivity contribution in [1.29, 1.82) is 0 Å². The van der Waals surface area contributed by atoms with Gasteiger partial charge in [0.15, 0.2) is 0 Å². The normalized spacial score (nSPS) is 10.4. The molecule has 2 heterocycles. The van der Waals surface area contributed by atoms with Gasteiger partial charge in [-0.2, -0.15) is 0 Å². The van der Waals surface area contributed by atoms with Crippen LogP contribution >= 0.6 is 0 Å². The number of carbonyl (C=O) groups is 2. The lowest BCUT2D eigenvalue weighted by atomic mass is 10.1. The third-order valence-electron chi connectivity index (χ3n) is 3.97. The van der Waals surface area contributed by atoms with Crippen molar-refractivity contribution < 1.29 is 38.1 Å². The van der Waals surface area contributed by atoms with Gasteiger partial charge >= 0.3 is 11.9 Å². The molecule has 28 heavy (non-hydrogen) atoms. The summed E-state index contributed by atoms with van der Waals surface area (Å²) in [5.74, 6) is -0.981. The number of esters is 1. The summed E-state index contributed by atoms with van der Waals surface area (Å²) in [6, 6.07) is 9.19. The van der Waals surface area contributed by atoms with Gasteiger partial charge in [-0.05, 0) is 36.4 Å². The van der Waals surface area contributed by atoms with Gasteiger partial charge in [0.05, 0.1) is 48.6 Å². The molecule has 0 bridgehead atoms. The molecule has 0 spiro atoms. The van der Waals surface area contributed by atoms with Crippen LogP contribution < -0.4 is 4.74 Å². The van der Waals surface area contributed by atoms with Crippen LogP contribution in [0, 0.1) is 0 Å². The number of phenols is 1. The fourth-order valence-corrected chi connectivity index (χ4v) is 2.62. The first-order valence-corrected chi connectivity index (χ1v) is 8.01. The average molecular weight is 384 g/mol. The molecule has 0 atom stereocenters. The molecule has 4 rings (SSSR count). The topological polar surface area (TPSA) is 119 Å². The van der Waals surface area contributed by atoms with Crippen molar-refractivity contribution in [1.82, 2.24) is 0 Å². The van der Waals surface area contributed by atoms with Gasteiger partial charge in [-0.15, -0.1) is 0 Å². The van der Waals surface area contributed by atoms with E-state index in [-0.39, 0.29) is 11.3 Å². The van der Waals surface area contributed by atoms with Gasteiger partial charge in [-0.3, -0.25) is 0 Å². The van der Waals surface area contributed by atoms with E-state index >= 15 is 0 Å². The molecule has 144 valence electrons.